The molecule has 1 aliphatic heterocycles. The zero-order chi connectivity index (χ0) is 11.1. The van der Waals surface area contributed by atoms with E-state index in [2.05, 4.69) is 25.7 Å². The molecule has 0 amide bonds. The van der Waals surface area contributed by atoms with Gasteiger partial charge in [0, 0.05) is 18.3 Å². The molecule has 0 radical (unpaired) electrons. The van der Waals surface area contributed by atoms with Gasteiger partial charge in [0.1, 0.15) is 5.82 Å². The average Bonchev–Trinajstić information content (AvgIpc) is 2.03. The molecular weight excluding hydrogens is 189 g/mol. The lowest BCUT2D eigenvalue weighted by Crippen LogP contribution is -2.54. The first-order chi connectivity index (χ1) is 6.98. The maximum atomic E-state index is 12.8. The summed E-state index contributed by atoms with van der Waals surface area (Å²) in [7, 11) is 0. The van der Waals surface area contributed by atoms with E-state index in [0.717, 1.165) is 12.2 Å². The van der Waals surface area contributed by atoms with Crippen LogP contribution in [0.4, 0.5) is 10.1 Å². The maximum absolute atomic E-state index is 12.8. The molecule has 0 aromatic heterocycles. The summed E-state index contributed by atoms with van der Waals surface area (Å²) < 4.78 is 12.8. The van der Waals surface area contributed by atoms with Crippen LogP contribution in [-0.2, 0) is 0 Å². The molecule has 1 saturated heterocycles. The molecule has 1 aromatic rings. The topological polar surface area (TPSA) is 3.24 Å². The molecule has 1 nitrogen and oxygen atoms in total. The Morgan fingerprint density at radius 3 is 2.20 bits per heavy atom. The Labute approximate surface area is 90.9 Å². The lowest BCUT2D eigenvalue weighted by molar-refractivity contribution is 0.238. The van der Waals surface area contributed by atoms with Crippen LogP contribution in [-0.4, -0.2) is 12.6 Å². The highest BCUT2D eigenvalue weighted by atomic mass is 19.1. The van der Waals surface area contributed by atoms with E-state index >= 15 is 0 Å². The van der Waals surface area contributed by atoms with Gasteiger partial charge >= 0.3 is 0 Å². The summed E-state index contributed by atoms with van der Waals surface area (Å²) in [5.74, 6) is -0.161. The molecule has 82 valence electrons. The maximum Gasteiger partial charge on any atom is 0.123 e. The molecular formula is C13H18FN. The lowest BCUT2D eigenvalue weighted by Gasteiger charge is -2.50. The van der Waals surface area contributed by atoms with Crippen LogP contribution in [0.2, 0.25) is 0 Å². The van der Waals surface area contributed by atoms with Crippen molar-refractivity contribution in [1.29, 1.82) is 0 Å². The van der Waals surface area contributed by atoms with E-state index in [0.29, 0.717) is 11.5 Å². The van der Waals surface area contributed by atoms with Crippen molar-refractivity contribution in [3.63, 3.8) is 0 Å². The third kappa shape index (κ3) is 1.99. The fourth-order valence-electron chi connectivity index (χ4n) is 2.23. The number of hydrogen-bond acceptors (Lipinski definition) is 1. The molecule has 1 heterocycles. The molecule has 1 fully saturated rings. The standard InChI is InChI=1S/C13H18FN/c1-13(2,3)12-8-9-15(12)11-6-4-10(14)5-7-11/h4-7,12H,8-9H2,1-3H3. The van der Waals surface area contributed by atoms with E-state index in [4.69, 9.17) is 0 Å². The number of anilines is 1. The highest BCUT2D eigenvalue weighted by Gasteiger charge is 2.37. The minimum Gasteiger partial charge on any atom is -0.368 e. The number of halogens is 1. The lowest BCUT2D eigenvalue weighted by atomic mass is 9.79. The molecule has 1 aliphatic rings. The van der Waals surface area contributed by atoms with Crippen LogP contribution in [0.3, 0.4) is 0 Å². The van der Waals surface area contributed by atoms with E-state index in [-0.39, 0.29) is 5.82 Å². The van der Waals surface area contributed by atoms with Crippen molar-refractivity contribution >= 4 is 5.69 Å². The van der Waals surface area contributed by atoms with Crippen molar-refractivity contribution in [2.75, 3.05) is 11.4 Å². The Balaban J connectivity index is 2.16. The summed E-state index contributed by atoms with van der Waals surface area (Å²) >= 11 is 0. The van der Waals surface area contributed by atoms with Gasteiger partial charge in [-0.25, -0.2) is 4.39 Å². The van der Waals surface area contributed by atoms with Gasteiger partial charge in [-0.3, -0.25) is 0 Å². The molecule has 0 spiro atoms. The number of rotatable bonds is 1. The molecule has 0 aliphatic carbocycles. The third-order valence-electron chi connectivity index (χ3n) is 3.18. The monoisotopic (exact) mass is 207 g/mol. The summed E-state index contributed by atoms with van der Waals surface area (Å²) in [6, 6.07) is 7.39. The summed E-state index contributed by atoms with van der Waals surface area (Å²) in [5, 5.41) is 0. The summed E-state index contributed by atoms with van der Waals surface area (Å²) in [5.41, 5.74) is 1.44. The van der Waals surface area contributed by atoms with E-state index in [9.17, 15) is 4.39 Å². The molecule has 15 heavy (non-hydrogen) atoms. The second-order valence-electron chi connectivity index (χ2n) is 5.34. The highest BCUT2D eigenvalue weighted by Crippen LogP contribution is 2.37. The Morgan fingerprint density at radius 1 is 1.20 bits per heavy atom. The molecule has 1 atom stereocenters. The smallest absolute Gasteiger partial charge is 0.123 e. The van der Waals surface area contributed by atoms with E-state index in [1.54, 1.807) is 0 Å². The predicted molar refractivity (Wildman–Crippen MR) is 61.6 cm³/mol. The van der Waals surface area contributed by atoms with Crippen LogP contribution in [0, 0.1) is 11.2 Å². The van der Waals surface area contributed by atoms with Crippen molar-refractivity contribution in [2.24, 2.45) is 5.41 Å². The van der Waals surface area contributed by atoms with Crippen LogP contribution < -0.4 is 4.90 Å². The second-order valence-corrected chi connectivity index (χ2v) is 5.34. The van der Waals surface area contributed by atoms with Gasteiger partial charge in [-0.1, -0.05) is 20.8 Å². The first-order valence-corrected chi connectivity index (χ1v) is 5.51. The number of hydrogen-bond donors (Lipinski definition) is 0. The van der Waals surface area contributed by atoms with Gasteiger partial charge in [-0.2, -0.15) is 0 Å². The first-order valence-electron chi connectivity index (χ1n) is 5.51. The van der Waals surface area contributed by atoms with E-state index in [1.165, 1.54) is 18.6 Å². The minimum absolute atomic E-state index is 0.161. The van der Waals surface area contributed by atoms with Gasteiger partial charge < -0.3 is 4.90 Å². The van der Waals surface area contributed by atoms with Gasteiger partial charge in [0.25, 0.3) is 0 Å². The molecule has 1 aromatic carbocycles. The number of nitrogens with zero attached hydrogens (tertiary/aromatic N) is 1. The predicted octanol–water partition coefficient (Wildman–Crippen LogP) is 3.45. The Kier molecular flexibility index (Phi) is 2.45. The Hall–Kier alpha value is -1.05. The van der Waals surface area contributed by atoms with Crippen LogP contribution in [0.5, 0.6) is 0 Å². The molecule has 0 N–H and O–H groups in total. The second kappa shape index (κ2) is 3.51. The van der Waals surface area contributed by atoms with Crippen molar-refractivity contribution < 1.29 is 4.39 Å². The largest absolute Gasteiger partial charge is 0.368 e. The van der Waals surface area contributed by atoms with Crippen LogP contribution >= 0.6 is 0 Å². The first kappa shape index (κ1) is 10.5. The Morgan fingerprint density at radius 2 is 1.80 bits per heavy atom. The molecule has 0 saturated carbocycles. The molecule has 2 rings (SSSR count). The normalized spacial score (nSPS) is 21.3. The van der Waals surface area contributed by atoms with Gasteiger partial charge in [-0.15, -0.1) is 0 Å². The molecule has 2 heteroatoms. The van der Waals surface area contributed by atoms with E-state index < -0.39 is 0 Å². The van der Waals surface area contributed by atoms with E-state index in [1.807, 2.05) is 12.1 Å². The van der Waals surface area contributed by atoms with Crippen molar-refractivity contribution in [2.45, 2.75) is 33.2 Å². The summed E-state index contributed by atoms with van der Waals surface area (Å²) in [6.07, 6.45) is 1.24. The van der Waals surface area contributed by atoms with Crippen LogP contribution in [0.15, 0.2) is 24.3 Å². The summed E-state index contributed by atoms with van der Waals surface area (Å²) in [6.45, 7) is 7.86. The average molecular weight is 207 g/mol. The Bertz CT molecular complexity index is 337. The fourth-order valence-corrected chi connectivity index (χ4v) is 2.23. The quantitative estimate of drug-likeness (QED) is 0.681. The van der Waals surface area contributed by atoms with Crippen LogP contribution in [0.1, 0.15) is 27.2 Å². The number of benzene rings is 1. The summed E-state index contributed by atoms with van der Waals surface area (Å²) in [4.78, 5) is 2.36. The van der Waals surface area contributed by atoms with Gasteiger partial charge in [0.2, 0.25) is 0 Å². The highest BCUT2D eigenvalue weighted by molar-refractivity contribution is 5.50. The van der Waals surface area contributed by atoms with Crippen molar-refractivity contribution in [3.8, 4) is 0 Å². The molecule has 1 unspecified atom stereocenters. The zero-order valence-electron chi connectivity index (χ0n) is 9.63. The third-order valence-corrected chi connectivity index (χ3v) is 3.18. The van der Waals surface area contributed by atoms with Gasteiger partial charge in [0.15, 0.2) is 0 Å². The van der Waals surface area contributed by atoms with Gasteiger partial charge in [0.05, 0.1) is 0 Å². The minimum atomic E-state index is -0.161. The van der Waals surface area contributed by atoms with Crippen LogP contribution in [0.25, 0.3) is 0 Å². The van der Waals surface area contributed by atoms with Gasteiger partial charge in [-0.05, 0) is 36.1 Å². The van der Waals surface area contributed by atoms with Crippen molar-refractivity contribution in [3.05, 3.63) is 30.1 Å². The SMILES string of the molecule is CC(C)(C)C1CCN1c1ccc(F)cc1. The fraction of sp³-hybridized carbons (Fsp3) is 0.538. The molecule has 0 bridgehead atoms. The van der Waals surface area contributed by atoms with Crippen molar-refractivity contribution in [1.82, 2.24) is 0 Å². The zero-order valence-corrected chi connectivity index (χ0v) is 9.63.